The van der Waals surface area contributed by atoms with Crippen molar-refractivity contribution < 1.29 is 9.59 Å². The summed E-state index contributed by atoms with van der Waals surface area (Å²) in [5.41, 5.74) is 6.17. The Morgan fingerprint density at radius 2 is 1.45 bits per heavy atom. The highest BCUT2D eigenvalue weighted by Crippen LogP contribution is 2.17. The zero-order valence-electron chi connectivity index (χ0n) is 16.9. The van der Waals surface area contributed by atoms with Crippen molar-refractivity contribution in [3.8, 4) is 0 Å². The van der Waals surface area contributed by atoms with E-state index >= 15 is 0 Å². The van der Waals surface area contributed by atoms with Gasteiger partial charge in [0.2, 0.25) is 5.91 Å². The summed E-state index contributed by atoms with van der Waals surface area (Å²) in [6.45, 7) is 6.10. The molecule has 3 N–H and O–H groups in total. The Bertz CT molecular complexity index is 1030. The molecule has 0 saturated carbocycles. The third-order valence-corrected chi connectivity index (χ3v) is 4.53. The van der Waals surface area contributed by atoms with Crippen LogP contribution in [0.15, 0.2) is 66.7 Å². The van der Waals surface area contributed by atoms with Gasteiger partial charge in [0, 0.05) is 22.6 Å². The second-order valence-electron chi connectivity index (χ2n) is 7.12. The number of nitrogens with one attached hydrogen (secondary N) is 3. The Morgan fingerprint density at radius 3 is 2.14 bits per heavy atom. The van der Waals surface area contributed by atoms with Gasteiger partial charge in [0.1, 0.15) is 0 Å². The molecule has 5 heteroatoms. The fraction of sp³-hybridized carbons (Fsp3) is 0.167. The minimum Gasteiger partial charge on any atom is -0.376 e. The molecule has 2 amide bonds. The summed E-state index contributed by atoms with van der Waals surface area (Å²) in [4.78, 5) is 24.5. The number of amides is 2. The lowest BCUT2D eigenvalue weighted by atomic mass is 10.1. The number of carbonyl (C=O) groups is 2. The Morgan fingerprint density at radius 1 is 0.759 bits per heavy atom. The van der Waals surface area contributed by atoms with Crippen LogP contribution in [0.4, 0.5) is 17.1 Å². The average Bonchev–Trinajstić information content (AvgIpc) is 2.69. The van der Waals surface area contributed by atoms with E-state index in [1.54, 1.807) is 18.2 Å². The monoisotopic (exact) mass is 387 g/mol. The molecule has 29 heavy (non-hydrogen) atoms. The van der Waals surface area contributed by atoms with E-state index in [2.05, 4.69) is 16.0 Å². The van der Waals surface area contributed by atoms with Gasteiger partial charge >= 0.3 is 0 Å². The quantitative estimate of drug-likeness (QED) is 0.562. The van der Waals surface area contributed by atoms with Crippen LogP contribution in [0.25, 0.3) is 0 Å². The molecular formula is C24H25N3O2. The lowest BCUT2D eigenvalue weighted by Crippen LogP contribution is -2.22. The zero-order chi connectivity index (χ0) is 20.8. The van der Waals surface area contributed by atoms with Gasteiger partial charge in [0.15, 0.2) is 0 Å². The summed E-state index contributed by atoms with van der Waals surface area (Å²) in [5.74, 6) is -0.268. The van der Waals surface area contributed by atoms with Gasteiger partial charge in [-0.2, -0.15) is 0 Å². The van der Waals surface area contributed by atoms with Crippen LogP contribution in [0.2, 0.25) is 0 Å². The number of aryl methyl sites for hydroxylation is 3. The first kappa shape index (κ1) is 20.1. The van der Waals surface area contributed by atoms with Gasteiger partial charge in [0.25, 0.3) is 5.91 Å². The summed E-state index contributed by atoms with van der Waals surface area (Å²) in [5, 5.41) is 8.87. The topological polar surface area (TPSA) is 70.2 Å². The highest BCUT2D eigenvalue weighted by molar-refractivity contribution is 6.04. The smallest absolute Gasteiger partial charge is 0.255 e. The lowest BCUT2D eigenvalue weighted by molar-refractivity contribution is -0.114. The minimum absolute atomic E-state index is 0.117. The Hall–Kier alpha value is -3.60. The molecule has 0 unspecified atom stereocenters. The first-order chi connectivity index (χ1) is 13.9. The second-order valence-corrected chi connectivity index (χ2v) is 7.12. The average molecular weight is 387 g/mol. The van der Waals surface area contributed by atoms with Crippen LogP contribution in [-0.4, -0.2) is 18.4 Å². The molecule has 0 radical (unpaired) electrons. The Labute approximate surface area is 171 Å². The summed E-state index contributed by atoms with van der Waals surface area (Å²) in [6, 6.07) is 20.6. The van der Waals surface area contributed by atoms with Gasteiger partial charge in [-0.15, -0.1) is 0 Å². The minimum atomic E-state index is -0.151. The van der Waals surface area contributed by atoms with Crippen molar-refractivity contribution in [2.75, 3.05) is 22.5 Å². The van der Waals surface area contributed by atoms with Gasteiger partial charge in [-0.25, -0.2) is 0 Å². The van der Waals surface area contributed by atoms with Gasteiger partial charge in [-0.3, -0.25) is 9.59 Å². The predicted octanol–water partition coefficient (Wildman–Crippen LogP) is 4.91. The first-order valence-corrected chi connectivity index (χ1v) is 9.50. The van der Waals surface area contributed by atoms with E-state index in [4.69, 9.17) is 0 Å². The molecule has 3 rings (SSSR count). The first-order valence-electron chi connectivity index (χ1n) is 9.50. The highest BCUT2D eigenvalue weighted by atomic mass is 16.2. The van der Waals surface area contributed by atoms with E-state index in [9.17, 15) is 9.59 Å². The van der Waals surface area contributed by atoms with Gasteiger partial charge < -0.3 is 16.0 Å². The number of anilines is 3. The normalized spacial score (nSPS) is 10.3. The van der Waals surface area contributed by atoms with Gasteiger partial charge in [0.05, 0.1) is 6.54 Å². The molecule has 0 aromatic heterocycles. The van der Waals surface area contributed by atoms with Gasteiger partial charge in [-0.05, 0) is 68.8 Å². The van der Waals surface area contributed by atoms with Crippen molar-refractivity contribution in [3.05, 3.63) is 89.0 Å². The molecule has 148 valence electrons. The molecule has 0 spiro atoms. The van der Waals surface area contributed by atoms with Crippen LogP contribution in [0.5, 0.6) is 0 Å². The molecule has 3 aromatic carbocycles. The fourth-order valence-corrected chi connectivity index (χ4v) is 2.99. The molecule has 0 aliphatic carbocycles. The number of benzene rings is 3. The SMILES string of the molecule is Cc1cccc(C(=O)Nc2ccc(NCC(=O)Nc3ccc(C)cc3C)cc2)c1. The molecule has 5 nitrogen and oxygen atoms in total. The molecule has 0 atom stereocenters. The largest absolute Gasteiger partial charge is 0.376 e. The van der Waals surface area contributed by atoms with Crippen molar-refractivity contribution in [2.45, 2.75) is 20.8 Å². The van der Waals surface area contributed by atoms with Crippen LogP contribution in [0, 0.1) is 20.8 Å². The maximum atomic E-state index is 12.3. The molecule has 0 fully saturated rings. The van der Waals surface area contributed by atoms with Crippen molar-refractivity contribution in [1.82, 2.24) is 0 Å². The van der Waals surface area contributed by atoms with E-state index in [0.717, 1.165) is 28.1 Å². The predicted molar refractivity (Wildman–Crippen MR) is 119 cm³/mol. The van der Waals surface area contributed by atoms with Crippen LogP contribution in [-0.2, 0) is 4.79 Å². The summed E-state index contributed by atoms with van der Waals surface area (Å²) in [6.07, 6.45) is 0. The lowest BCUT2D eigenvalue weighted by Gasteiger charge is -2.11. The van der Waals surface area contributed by atoms with Crippen molar-refractivity contribution >= 4 is 28.9 Å². The van der Waals surface area contributed by atoms with Crippen molar-refractivity contribution in [2.24, 2.45) is 0 Å². The molecule has 0 aliphatic rings. The molecule has 0 aliphatic heterocycles. The number of hydrogen-bond acceptors (Lipinski definition) is 3. The molecule has 3 aromatic rings. The number of rotatable bonds is 6. The van der Waals surface area contributed by atoms with E-state index in [1.807, 2.05) is 69.3 Å². The molecule has 0 saturated heterocycles. The van der Waals surface area contributed by atoms with Crippen molar-refractivity contribution in [3.63, 3.8) is 0 Å². The third-order valence-electron chi connectivity index (χ3n) is 4.53. The van der Waals surface area contributed by atoms with Crippen LogP contribution >= 0.6 is 0 Å². The number of hydrogen-bond donors (Lipinski definition) is 3. The fourth-order valence-electron chi connectivity index (χ4n) is 2.99. The summed E-state index contributed by atoms with van der Waals surface area (Å²) < 4.78 is 0. The maximum absolute atomic E-state index is 12.3. The maximum Gasteiger partial charge on any atom is 0.255 e. The van der Waals surface area contributed by atoms with Crippen LogP contribution in [0.1, 0.15) is 27.0 Å². The van der Waals surface area contributed by atoms with Gasteiger partial charge in [-0.1, -0.05) is 35.4 Å². The van der Waals surface area contributed by atoms with E-state index < -0.39 is 0 Å². The van der Waals surface area contributed by atoms with Crippen molar-refractivity contribution in [1.29, 1.82) is 0 Å². The van der Waals surface area contributed by atoms with E-state index in [1.165, 1.54) is 0 Å². The van der Waals surface area contributed by atoms with Crippen LogP contribution in [0.3, 0.4) is 0 Å². The highest BCUT2D eigenvalue weighted by Gasteiger charge is 2.07. The number of carbonyl (C=O) groups excluding carboxylic acids is 2. The molecular weight excluding hydrogens is 362 g/mol. The van der Waals surface area contributed by atoms with E-state index in [-0.39, 0.29) is 18.4 Å². The van der Waals surface area contributed by atoms with E-state index in [0.29, 0.717) is 11.3 Å². The summed E-state index contributed by atoms with van der Waals surface area (Å²) >= 11 is 0. The molecule has 0 heterocycles. The van der Waals surface area contributed by atoms with Crippen LogP contribution < -0.4 is 16.0 Å². The third kappa shape index (κ3) is 5.69. The Balaban J connectivity index is 1.52. The second kappa shape index (κ2) is 9.06. The standard InChI is InChI=1S/C24H25N3O2/c1-16-5-4-6-19(14-16)24(29)26-21-10-8-20(9-11-21)25-15-23(28)27-22-12-7-17(2)13-18(22)3/h4-14,25H,15H2,1-3H3,(H,26,29)(H,27,28). The molecule has 0 bridgehead atoms. The Kier molecular flexibility index (Phi) is 6.29. The summed E-state index contributed by atoms with van der Waals surface area (Å²) in [7, 11) is 0. The zero-order valence-corrected chi connectivity index (χ0v) is 16.9.